The van der Waals surface area contributed by atoms with Gasteiger partial charge in [0.25, 0.3) is 0 Å². The first-order valence-corrected chi connectivity index (χ1v) is 3.98. The van der Waals surface area contributed by atoms with Crippen LogP contribution in [0.25, 0.3) is 0 Å². The highest BCUT2D eigenvalue weighted by molar-refractivity contribution is 5.46. The van der Waals surface area contributed by atoms with E-state index in [1.807, 2.05) is 0 Å². The van der Waals surface area contributed by atoms with Gasteiger partial charge in [-0.05, 0) is 16.0 Å². The van der Waals surface area contributed by atoms with Crippen molar-refractivity contribution in [3.63, 3.8) is 0 Å². The van der Waals surface area contributed by atoms with Gasteiger partial charge in [-0.3, -0.25) is 0 Å². The zero-order valence-corrected chi connectivity index (χ0v) is 7.72. The third-order valence-corrected chi connectivity index (χ3v) is 1.79. The molecular formula is C8H5F2N3O3. The van der Waals surface area contributed by atoms with E-state index in [-0.39, 0.29) is 5.56 Å². The fraction of sp³-hybridized carbons (Fsp3) is 0.250. The summed E-state index contributed by atoms with van der Waals surface area (Å²) in [4.78, 5) is 12.5. The van der Waals surface area contributed by atoms with Crippen LogP contribution in [0.3, 0.4) is 0 Å². The van der Waals surface area contributed by atoms with E-state index in [4.69, 9.17) is 10.4 Å². The van der Waals surface area contributed by atoms with Gasteiger partial charge in [0.2, 0.25) is 5.69 Å². The second kappa shape index (κ2) is 4.59. The SMILES string of the molecule is N#Cc1cc(CO)c(C(F)F)nc1[N+](=O)[O-]. The highest BCUT2D eigenvalue weighted by Gasteiger charge is 2.26. The molecular weight excluding hydrogens is 224 g/mol. The average molecular weight is 229 g/mol. The van der Waals surface area contributed by atoms with E-state index < -0.39 is 35.0 Å². The number of nitrogens with zero attached hydrogens (tertiary/aromatic N) is 3. The molecule has 0 saturated heterocycles. The molecule has 1 aromatic heterocycles. The molecule has 0 amide bonds. The highest BCUT2D eigenvalue weighted by atomic mass is 19.3. The van der Waals surface area contributed by atoms with Crippen LogP contribution in [0.15, 0.2) is 6.07 Å². The lowest BCUT2D eigenvalue weighted by Crippen LogP contribution is -2.05. The van der Waals surface area contributed by atoms with Crippen molar-refractivity contribution in [1.29, 1.82) is 5.26 Å². The quantitative estimate of drug-likeness (QED) is 0.621. The Balaban J connectivity index is 3.48. The Labute approximate surface area is 87.9 Å². The van der Waals surface area contributed by atoms with Crippen molar-refractivity contribution in [2.24, 2.45) is 0 Å². The molecule has 1 rings (SSSR count). The van der Waals surface area contributed by atoms with E-state index in [0.29, 0.717) is 0 Å². The lowest BCUT2D eigenvalue weighted by atomic mass is 10.1. The zero-order valence-electron chi connectivity index (χ0n) is 7.72. The van der Waals surface area contributed by atoms with E-state index in [9.17, 15) is 18.9 Å². The minimum Gasteiger partial charge on any atom is -0.392 e. The van der Waals surface area contributed by atoms with E-state index in [1.165, 1.54) is 6.07 Å². The second-order valence-corrected chi connectivity index (χ2v) is 2.73. The van der Waals surface area contributed by atoms with Crippen LogP contribution in [-0.4, -0.2) is 15.0 Å². The first-order valence-electron chi connectivity index (χ1n) is 3.98. The minimum absolute atomic E-state index is 0.294. The van der Waals surface area contributed by atoms with Gasteiger partial charge in [-0.1, -0.05) is 0 Å². The number of nitriles is 1. The van der Waals surface area contributed by atoms with E-state index in [1.54, 1.807) is 0 Å². The van der Waals surface area contributed by atoms with Crippen LogP contribution in [0.1, 0.15) is 23.2 Å². The minimum atomic E-state index is -3.05. The van der Waals surface area contributed by atoms with Gasteiger partial charge in [-0.15, -0.1) is 0 Å². The molecule has 0 saturated carbocycles. The number of aliphatic hydroxyl groups is 1. The second-order valence-electron chi connectivity index (χ2n) is 2.73. The van der Waals surface area contributed by atoms with Gasteiger partial charge in [-0.25, -0.2) is 8.78 Å². The van der Waals surface area contributed by atoms with Gasteiger partial charge in [0.1, 0.15) is 11.6 Å². The summed E-state index contributed by atoms with van der Waals surface area (Å²) in [7, 11) is 0. The number of aliphatic hydroxyl groups excluding tert-OH is 1. The number of hydrogen-bond acceptors (Lipinski definition) is 5. The van der Waals surface area contributed by atoms with E-state index in [0.717, 1.165) is 6.07 Å². The van der Waals surface area contributed by atoms with Gasteiger partial charge < -0.3 is 15.2 Å². The van der Waals surface area contributed by atoms with E-state index >= 15 is 0 Å². The largest absolute Gasteiger partial charge is 0.392 e. The molecule has 1 N–H and O–H groups in total. The fourth-order valence-corrected chi connectivity index (χ4v) is 1.10. The molecule has 16 heavy (non-hydrogen) atoms. The number of aromatic nitrogens is 1. The predicted octanol–water partition coefficient (Wildman–Crippen LogP) is 1.29. The van der Waals surface area contributed by atoms with Crippen molar-refractivity contribution in [2.45, 2.75) is 13.0 Å². The van der Waals surface area contributed by atoms with Crippen molar-refractivity contribution in [1.82, 2.24) is 4.98 Å². The zero-order chi connectivity index (χ0) is 12.3. The Morgan fingerprint density at radius 2 is 2.31 bits per heavy atom. The number of alkyl halides is 2. The van der Waals surface area contributed by atoms with Crippen molar-refractivity contribution in [3.05, 3.63) is 33.0 Å². The number of rotatable bonds is 3. The van der Waals surface area contributed by atoms with Gasteiger partial charge in [0.15, 0.2) is 0 Å². The first-order chi connectivity index (χ1) is 7.51. The van der Waals surface area contributed by atoms with Crippen molar-refractivity contribution >= 4 is 5.82 Å². The van der Waals surface area contributed by atoms with Crippen LogP contribution in [0, 0.1) is 21.4 Å². The molecule has 0 atom stereocenters. The summed E-state index contributed by atoms with van der Waals surface area (Å²) in [5.74, 6) is -0.935. The van der Waals surface area contributed by atoms with Gasteiger partial charge in [0, 0.05) is 5.56 Å². The molecule has 0 unspecified atom stereocenters. The first kappa shape index (κ1) is 11.9. The highest BCUT2D eigenvalue weighted by Crippen LogP contribution is 2.26. The van der Waals surface area contributed by atoms with Crippen LogP contribution in [-0.2, 0) is 6.61 Å². The predicted molar refractivity (Wildman–Crippen MR) is 46.5 cm³/mol. The number of nitro groups is 1. The maximum absolute atomic E-state index is 12.4. The van der Waals surface area contributed by atoms with Crippen molar-refractivity contribution in [2.75, 3.05) is 0 Å². The van der Waals surface area contributed by atoms with Crippen LogP contribution >= 0.6 is 0 Å². The Morgan fingerprint density at radius 1 is 1.69 bits per heavy atom. The summed E-state index contributed by atoms with van der Waals surface area (Å²) in [6.07, 6.45) is -3.05. The molecule has 1 heterocycles. The normalized spacial score (nSPS) is 10.2. The van der Waals surface area contributed by atoms with Crippen LogP contribution in [0.5, 0.6) is 0 Å². The molecule has 84 valence electrons. The summed E-state index contributed by atoms with van der Waals surface area (Å²) in [6.45, 7) is -0.765. The van der Waals surface area contributed by atoms with E-state index in [2.05, 4.69) is 4.98 Å². The number of halogens is 2. The molecule has 0 aliphatic heterocycles. The Hall–Kier alpha value is -2.14. The molecule has 0 fully saturated rings. The molecule has 0 aliphatic carbocycles. The van der Waals surface area contributed by atoms with Crippen molar-refractivity contribution in [3.8, 4) is 6.07 Å². The maximum atomic E-state index is 12.4. The molecule has 0 aliphatic rings. The summed E-state index contributed by atoms with van der Waals surface area (Å²) >= 11 is 0. The molecule has 0 aromatic carbocycles. The summed E-state index contributed by atoms with van der Waals surface area (Å²) in [6, 6.07) is 2.30. The average Bonchev–Trinajstić information content (AvgIpc) is 2.26. The summed E-state index contributed by atoms with van der Waals surface area (Å²) in [5.41, 5.74) is -1.64. The fourth-order valence-electron chi connectivity index (χ4n) is 1.10. The Bertz CT molecular complexity index is 470. The van der Waals surface area contributed by atoms with Gasteiger partial charge >= 0.3 is 12.2 Å². The Morgan fingerprint density at radius 3 is 2.69 bits per heavy atom. The molecule has 0 spiro atoms. The van der Waals surface area contributed by atoms with Crippen LogP contribution in [0.2, 0.25) is 0 Å². The van der Waals surface area contributed by atoms with Crippen molar-refractivity contribution < 1.29 is 18.8 Å². The number of pyridine rings is 1. The van der Waals surface area contributed by atoms with Crippen LogP contribution < -0.4 is 0 Å². The third-order valence-electron chi connectivity index (χ3n) is 1.79. The molecule has 0 radical (unpaired) electrons. The van der Waals surface area contributed by atoms with Gasteiger partial charge in [-0.2, -0.15) is 5.26 Å². The molecule has 6 nitrogen and oxygen atoms in total. The summed E-state index contributed by atoms with van der Waals surface area (Å²) < 4.78 is 24.8. The Kier molecular flexibility index (Phi) is 3.42. The molecule has 8 heteroatoms. The smallest absolute Gasteiger partial charge is 0.381 e. The molecule has 0 bridgehead atoms. The standard InChI is InChI=1S/C8H5F2N3O3/c9-7(10)6-5(3-14)1-4(2-11)8(12-6)13(15)16/h1,7,14H,3H2. The third kappa shape index (κ3) is 2.09. The lowest BCUT2D eigenvalue weighted by molar-refractivity contribution is -0.390. The topological polar surface area (TPSA) is 100 Å². The molecule has 1 aromatic rings. The maximum Gasteiger partial charge on any atom is 0.381 e. The van der Waals surface area contributed by atoms with Gasteiger partial charge in [0.05, 0.1) is 6.61 Å². The monoisotopic (exact) mass is 229 g/mol. The summed E-state index contributed by atoms with van der Waals surface area (Å²) in [5, 5.41) is 27.8. The number of hydrogen-bond donors (Lipinski definition) is 1. The van der Waals surface area contributed by atoms with Crippen LogP contribution in [0.4, 0.5) is 14.6 Å². The lowest BCUT2D eigenvalue weighted by Gasteiger charge is -2.02.